The summed E-state index contributed by atoms with van der Waals surface area (Å²) in [7, 11) is 0. The third kappa shape index (κ3) is 2.16. The molecule has 1 heterocycles. The minimum Gasteiger partial charge on any atom is -0.508 e. The standard InChI is InChI=1S/C19H17NO4/c21-16-9-12-5-3-4-11(12)8-14(16)18-13-6-1-2-7-15(13)20(19(18)24)10-17(22)23/h1-2,6-9,18,21H,3-5,10H2,(H,22,23). The van der Waals surface area contributed by atoms with Crippen molar-refractivity contribution in [3.05, 3.63) is 58.7 Å². The molecular formula is C19H17NO4. The van der Waals surface area contributed by atoms with Crippen molar-refractivity contribution in [2.24, 2.45) is 0 Å². The summed E-state index contributed by atoms with van der Waals surface area (Å²) in [6.45, 7) is -0.377. The lowest BCUT2D eigenvalue weighted by atomic mass is 9.89. The van der Waals surface area contributed by atoms with Crippen molar-refractivity contribution in [2.75, 3.05) is 11.4 Å². The fourth-order valence-electron chi connectivity index (χ4n) is 3.85. The number of rotatable bonds is 3. The highest BCUT2D eigenvalue weighted by atomic mass is 16.4. The van der Waals surface area contributed by atoms with Gasteiger partial charge in [0.2, 0.25) is 5.91 Å². The van der Waals surface area contributed by atoms with E-state index in [9.17, 15) is 14.7 Å². The Balaban J connectivity index is 1.84. The van der Waals surface area contributed by atoms with Crippen LogP contribution >= 0.6 is 0 Å². The molecule has 0 radical (unpaired) electrons. The Morgan fingerprint density at radius 1 is 1.12 bits per heavy atom. The maximum absolute atomic E-state index is 12.9. The molecule has 1 amide bonds. The molecule has 1 aliphatic heterocycles. The van der Waals surface area contributed by atoms with E-state index >= 15 is 0 Å². The molecule has 122 valence electrons. The fraction of sp³-hybridized carbons (Fsp3) is 0.263. The largest absolute Gasteiger partial charge is 0.508 e. The number of carboxylic acid groups (broad SMARTS) is 1. The molecule has 0 spiro atoms. The summed E-state index contributed by atoms with van der Waals surface area (Å²) in [5.41, 5.74) is 4.23. The normalized spacial score (nSPS) is 18.6. The van der Waals surface area contributed by atoms with E-state index in [0.717, 1.165) is 30.4 Å². The molecule has 2 aromatic carbocycles. The van der Waals surface area contributed by atoms with Crippen LogP contribution in [-0.2, 0) is 22.4 Å². The van der Waals surface area contributed by atoms with Crippen LogP contribution in [0.2, 0.25) is 0 Å². The van der Waals surface area contributed by atoms with Gasteiger partial charge in [0.05, 0.1) is 5.92 Å². The number of phenols is 1. The Labute approximate surface area is 139 Å². The van der Waals surface area contributed by atoms with Crippen molar-refractivity contribution in [3.63, 3.8) is 0 Å². The van der Waals surface area contributed by atoms with Gasteiger partial charge in [-0.15, -0.1) is 0 Å². The molecule has 0 aromatic heterocycles. The van der Waals surface area contributed by atoms with Crippen LogP contribution in [0, 0.1) is 0 Å². The van der Waals surface area contributed by atoms with Crippen LogP contribution < -0.4 is 4.90 Å². The number of carboxylic acids is 1. The molecule has 2 aromatic rings. The maximum atomic E-state index is 12.9. The number of para-hydroxylation sites is 1. The smallest absolute Gasteiger partial charge is 0.323 e. The van der Waals surface area contributed by atoms with Gasteiger partial charge in [-0.05, 0) is 48.1 Å². The number of aromatic hydroxyl groups is 1. The third-order valence-electron chi connectivity index (χ3n) is 4.90. The summed E-state index contributed by atoms with van der Waals surface area (Å²) in [4.78, 5) is 25.3. The monoisotopic (exact) mass is 323 g/mol. The molecular weight excluding hydrogens is 306 g/mol. The Morgan fingerprint density at radius 3 is 2.58 bits per heavy atom. The zero-order valence-electron chi connectivity index (χ0n) is 13.0. The molecule has 1 aliphatic carbocycles. The summed E-state index contributed by atoms with van der Waals surface area (Å²) < 4.78 is 0. The first-order valence-corrected chi connectivity index (χ1v) is 8.03. The Kier molecular flexibility index (Phi) is 3.30. The lowest BCUT2D eigenvalue weighted by Gasteiger charge is -2.16. The van der Waals surface area contributed by atoms with Gasteiger partial charge < -0.3 is 15.1 Å². The molecule has 0 fully saturated rings. The number of carbonyl (C=O) groups excluding carboxylic acids is 1. The van der Waals surface area contributed by atoms with Gasteiger partial charge in [0.25, 0.3) is 0 Å². The predicted molar refractivity (Wildman–Crippen MR) is 88.4 cm³/mol. The van der Waals surface area contributed by atoms with E-state index in [1.54, 1.807) is 18.2 Å². The molecule has 0 saturated heterocycles. The number of aliphatic carboxylic acids is 1. The second-order valence-corrected chi connectivity index (χ2v) is 6.34. The van der Waals surface area contributed by atoms with Crippen molar-refractivity contribution in [3.8, 4) is 5.75 Å². The van der Waals surface area contributed by atoms with Crippen molar-refractivity contribution < 1.29 is 19.8 Å². The van der Waals surface area contributed by atoms with Gasteiger partial charge in [-0.25, -0.2) is 0 Å². The molecule has 5 heteroatoms. The van der Waals surface area contributed by atoms with Gasteiger partial charge in [0, 0.05) is 11.3 Å². The van der Waals surface area contributed by atoms with E-state index in [1.165, 1.54) is 10.5 Å². The van der Waals surface area contributed by atoms with Crippen LogP contribution in [0.3, 0.4) is 0 Å². The number of carbonyl (C=O) groups is 2. The molecule has 5 nitrogen and oxygen atoms in total. The summed E-state index contributed by atoms with van der Waals surface area (Å²) >= 11 is 0. The topological polar surface area (TPSA) is 77.8 Å². The van der Waals surface area contributed by atoms with E-state index < -0.39 is 11.9 Å². The highest BCUT2D eigenvalue weighted by molar-refractivity contribution is 6.09. The zero-order chi connectivity index (χ0) is 16.8. The van der Waals surface area contributed by atoms with Crippen LogP contribution in [0.25, 0.3) is 0 Å². The molecule has 1 unspecified atom stereocenters. The van der Waals surface area contributed by atoms with Crippen LogP contribution in [0.15, 0.2) is 36.4 Å². The molecule has 1 atom stereocenters. The molecule has 0 bridgehead atoms. The second kappa shape index (κ2) is 5.37. The van der Waals surface area contributed by atoms with Crippen LogP contribution in [0.4, 0.5) is 5.69 Å². The van der Waals surface area contributed by atoms with Crippen LogP contribution in [0.1, 0.15) is 34.6 Å². The van der Waals surface area contributed by atoms with E-state index in [0.29, 0.717) is 11.3 Å². The number of hydrogen-bond acceptors (Lipinski definition) is 3. The predicted octanol–water partition coefficient (Wildman–Crippen LogP) is 2.44. The van der Waals surface area contributed by atoms with E-state index in [1.807, 2.05) is 18.2 Å². The Hall–Kier alpha value is -2.82. The number of hydrogen-bond donors (Lipinski definition) is 2. The number of amides is 1. The Bertz CT molecular complexity index is 858. The van der Waals surface area contributed by atoms with Crippen molar-refractivity contribution in [1.29, 1.82) is 0 Å². The van der Waals surface area contributed by atoms with E-state index in [-0.39, 0.29) is 18.2 Å². The number of nitrogens with zero attached hydrogens (tertiary/aromatic N) is 1. The minimum atomic E-state index is -1.06. The first-order chi connectivity index (χ1) is 11.6. The first-order valence-electron chi connectivity index (χ1n) is 8.03. The van der Waals surface area contributed by atoms with Gasteiger partial charge >= 0.3 is 5.97 Å². The zero-order valence-corrected chi connectivity index (χ0v) is 13.0. The second-order valence-electron chi connectivity index (χ2n) is 6.34. The molecule has 2 aliphatic rings. The summed E-state index contributed by atoms with van der Waals surface area (Å²) in [5, 5.41) is 19.6. The molecule has 24 heavy (non-hydrogen) atoms. The highest BCUT2D eigenvalue weighted by Gasteiger charge is 2.40. The summed E-state index contributed by atoms with van der Waals surface area (Å²) in [6, 6.07) is 10.9. The first kappa shape index (κ1) is 14.8. The highest BCUT2D eigenvalue weighted by Crippen LogP contribution is 2.44. The summed E-state index contributed by atoms with van der Waals surface area (Å²) in [6.07, 6.45) is 2.95. The third-order valence-corrected chi connectivity index (χ3v) is 4.90. The van der Waals surface area contributed by atoms with Crippen LogP contribution in [0.5, 0.6) is 5.75 Å². The van der Waals surface area contributed by atoms with Gasteiger partial charge in [0.15, 0.2) is 0 Å². The van der Waals surface area contributed by atoms with Crippen LogP contribution in [-0.4, -0.2) is 28.6 Å². The fourth-order valence-corrected chi connectivity index (χ4v) is 3.85. The Morgan fingerprint density at radius 2 is 1.83 bits per heavy atom. The minimum absolute atomic E-state index is 0.112. The number of phenolic OH excluding ortho intramolecular Hbond substituents is 1. The number of anilines is 1. The van der Waals surface area contributed by atoms with E-state index in [2.05, 4.69) is 0 Å². The van der Waals surface area contributed by atoms with Crippen molar-refractivity contribution >= 4 is 17.6 Å². The van der Waals surface area contributed by atoms with Gasteiger partial charge in [-0.3, -0.25) is 9.59 Å². The molecule has 2 N–H and O–H groups in total. The van der Waals surface area contributed by atoms with Crippen molar-refractivity contribution in [2.45, 2.75) is 25.2 Å². The number of aryl methyl sites for hydroxylation is 2. The average molecular weight is 323 g/mol. The van der Waals surface area contributed by atoms with Gasteiger partial charge in [-0.2, -0.15) is 0 Å². The molecule has 4 rings (SSSR count). The van der Waals surface area contributed by atoms with Crippen molar-refractivity contribution in [1.82, 2.24) is 0 Å². The molecule has 0 saturated carbocycles. The quantitative estimate of drug-likeness (QED) is 0.909. The van der Waals surface area contributed by atoms with E-state index in [4.69, 9.17) is 5.11 Å². The lowest BCUT2D eigenvalue weighted by molar-refractivity contribution is -0.136. The van der Waals surface area contributed by atoms with Gasteiger partial charge in [0.1, 0.15) is 12.3 Å². The number of fused-ring (bicyclic) bond motifs is 2. The average Bonchev–Trinajstić information content (AvgIpc) is 3.10. The summed E-state index contributed by atoms with van der Waals surface area (Å²) in [5.74, 6) is -1.89. The maximum Gasteiger partial charge on any atom is 0.323 e. The number of benzene rings is 2. The lowest BCUT2D eigenvalue weighted by Crippen LogP contribution is -2.34. The SMILES string of the molecule is O=C(O)CN1C(=O)C(c2cc3c(cc2O)CCC3)c2ccccc21. The van der Waals surface area contributed by atoms with Gasteiger partial charge in [-0.1, -0.05) is 24.3 Å².